The van der Waals surface area contributed by atoms with Gasteiger partial charge in [0.05, 0.1) is 32.1 Å². The van der Waals surface area contributed by atoms with Gasteiger partial charge in [0.25, 0.3) is 5.91 Å². The molecule has 3 aromatic heterocycles. The summed E-state index contributed by atoms with van der Waals surface area (Å²) in [4.78, 5) is 21.6. The molecule has 42 heavy (non-hydrogen) atoms. The number of amides is 1. The van der Waals surface area contributed by atoms with Crippen molar-refractivity contribution in [3.8, 4) is 28.7 Å². The lowest BCUT2D eigenvalue weighted by atomic mass is 9.89. The number of carbonyl (C=O) groups is 1. The average molecular weight is 586 g/mol. The topological polar surface area (TPSA) is 110 Å². The lowest BCUT2D eigenvalue weighted by molar-refractivity contribution is -0.153. The van der Waals surface area contributed by atoms with Crippen molar-refractivity contribution >= 4 is 22.6 Å². The molecule has 1 saturated carbocycles. The van der Waals surface area contributed by atoms with E-state index in [2.05, 4.69) is 20.4 Å². The number of fused-ring (bicyclic) bond motifs is 1. The van der Waals surface area contributed by atoms with E-state index in [1.807, 2.05) is 0 Å². The van der Waals surface area contributed by atoms with Crippen molar-refractivity contribution in [2.24, 2.45) is 5.92 Å². The Hall–Kier alpha value is -4.55. The maximum Gasteiger partial charge on any atom is 0.422 e. The van der Waals surface area contributed by atoms with Crippen LogP contribution in [0.3, 0.4) is 0 Å². The second kappa shape index (κ2) is 12.5. The van der Waals surface area contributed by atoms with Crippen LogP contribution in [0.1, 0.15) is 42.6 Å². The zero-order chi connectivity index (χ0) is 29.7. The van der Waals surface area contributed by atoms with Crippen LogP contribution in [0.25, 0.3) is 10.9 Å². The van der Waals surface area contributed by atoms with Crippen molar-refractivity contribution in [3.63, 3.8) is 0 Å². The van der Waals surface area contributed by atoms with Crippen LogP contribution in [-0.2, 0) is 6.54 Å². The summed E-state index contributed by atoms with van der Waals surface area (Å²) < 4.78 is 61.8. The molecule has 0 saturated heterocycles. The SMILES string of the molecule is COc1cc2nccc(Oc3ccc(NC(=O)c4nn(CC5CCCCC5)cc4OCC(F)(F)F)nc3)c2cc1OC. The lowest BCUT2D eigenvalue weighted by Gasteiger charge is -2.21. The van der Waals surface area contributed by atoms with Gasteiger partial charge in [0, 0.05) is 24.2 Å². The van der Waals surface area contributed by atoms with Crippen LogP contribution >= 0.6 is 0 Å². The van der Waals surface area contributed by atoms with Gasteiger partial charge in [0.2, 0.25) is 0 Å². The molecule has 0 atom stereocenters. The second-order valence-electron chi connectivity index (χ2n) is 9.94. The third-order valence-corrected chi connectivity index (χ3v) is 6.92. The summed E-state index contributed by atoms with van der Waals surface area (Å²) in [5.41, 5.74) is 0.387. The standard InChI is InChI=1S/C29H30F3N5O5/c1-39-23-12-20-21(13-24(23)40-2)33-11-10-22(20)42-19-8-9-26(34-14-19)35-28(38)27-25(41-17-29(30,31)32)16-37(36-27)15-18-6-4-3-5-7-18/h8-14,16,18H,3-7,15,17H2,1-2H3,(H,34,35,38). The molecule has 1 aromatic carbocycles. The Balaban J connectivity index is 1.30. The number of benzene rings is 1. The summed E-state index contributed by atoms with van der Waals surface area (Å²) in [6.07, 6.45) is 5.18. The van der Waals surface area contributed by atoms with Gasteiger partial charge in [-0.1, -0.05) is 19.3 Å². The monoisotopic (exact) mass is 585 g/mol. The maximum atomic E-state index is 13.1. The van der Waals surface area contributed by atoms with Gasteiger partial charge in [-0.3, -0.25) is 14.5 Å². The molecule has 0 radical (unpaired) electrons. The fourth-order valence-corrected chi connectivity index (χ4v) is 4.91. The first kappa shape index (κ1) is 29.0. The minimum atomic E-state index is -4.56. The molecule has 0 aliphatic heterocycles. The summed E-state index contributed by atoms with van der Waals surface area (Å²) in [5.74, 6) is 1.44. The number of hydrogen-bond donors (Lipinski definition) is 1. The molecule has 1 fully saturated rings. The molecule has 1 N–H and O–H groups in total. The molecule has 222 valence electrons. The number of ether oxygens (including phenoxy) is 4. The number of rotatable bonds is 10. The highest BCUT2D eigenvalue weighted by atomic mass is 19.4. The van der Waals surface area contributed by atoms with Crippen LogP contribution in [0.5, 0.6) is 28.7 Å². The fraction of sp³-hybridized carbons (Fsp3) is 0.379. The Morgan fingerprint density at radius 3 is 2.45 bits per heavy atom. The number of nitrogens with zero attached hydrogens (tertiary/aromatic N) is 4. The van der Waals surface area contributed by atoms with E-state index in [0.29, 0.717) is 46.4 Å². The molecule has 1 aliphatic rings. The zero-order valence-corrected chi connectivity index (χ0v) is 23.1. The summed E-state index contributed by atoms with van der Waals surface area (Å²) >= 11 is 0. The minimum absolute atomic E-state index is 0.155. The Bertz CT molecular complexity index is 1540. The van der Waals surface area contributed by atoms with Gasteiger partial charge in [-0.15, -0.1) is 0 Å². The van der Waals surface area contributed by atoms with Gasteiger partial charge in [0.1, 0.15) is 17.3 Å². The van der Waals surface area contributed by atoms with Gasteiger partial charge in [-0.05, 0) is 43.0 Å². The van der Waals surface area contributed by atoms with Gasteiger partial charge < -0.3 is 24.3 Å². The van der Waals surface area contributed by atoms with E-state index in [1.165, 1.54) is 43.8 Å². The normalized spacial score (nSPS) is 14.0. The molecule has 1 amide bonds. The first-order valence-corrected chi connectivity index (χ1v) is 13.5. The number of methoxy groups -OCH3 is 2. The lowest BCUT2D eigenvalue weighted by Crippen LogP contribution is -2.21. The molecular weight excluding hydrogens is 555 g/mol. The number of hydrogen-bond acceptors (Lipinski definition) is 8. The van der Waals surface area contributed by atoms with E-state index in [0.717, 1.165) is 25.7 Å². The molecule has 5 rings (SSSR count). The van der Waals surface area contributed by atoms with Crippen LogP contribution < -0.4 is 24.3 Å². The van der Waals surface area contributed by atoms with E-state index in [4.69, 9.17) is 18.9 Å². The minimum Gasteiger partial charge on any atom is -0.493 e. The van der Waals surface area contributed by atoms with E-state index < -0.39 is 18.7 Å². The van der Waals surface area contributed by atoms with Crippen molar-refractivity contribution < 1.29 is 36.9 Å². The number of carbonyl (C=O) groups excluding carboxylic acids is 1. The number of anilines is 1. The van der Waals surface area contributed by atoms with Crippen LogP contribution in [0.4, 0.5) is 19.0 Å². The Morgan fingerprint density at radius 2 is 1.76 bits per heavy atom. The predicted molar refractivity (Wildman–Crippen MR) is 147 cm³/mol. The molecule has 10 nitrogen and oxygen atoms in total. The fourth-order valence-electron chi connectivity index (χ4n) is 4.91. The molecule has 4 aromatic rings. The zero-order valence-electron chi connectivity index (χ0n) is 23.1. The largest absolute Gasteiger partial charge is 0.493 e. The first-order valence-electron chi connectivity index (χ1n) is 13.5. The van der Waals surface area contributed by atoms with Gasteiger partial charge in [-0.2, -0.15) is 18.3 Å². The Kier molecular flexibility index (Phi) is 8.64. The molecular formula is C29H30F3N5O5. The number of nitrogens with one attached hydrogen (secondary N) is 1. The summed E-state index contributed by atoms with van der Waals surface area (Å²) in [6.45, 7) is -1.03. The summed E-state index contributed by atoms with van der Waals surface area (Å²) in [6, 6.07) is 8.29. The molecule has 3 heterocycles. The quantitative estimate of drug-likeness (QED) is 0.227. The highest BCUT2D eigenvalue weighted by Crippen LogP contribution is 2.37. The highest BCUT2D eigenvalue weighted by Gasteiger charge is 2.30. The first-order chi connectivity index (χ1) is 20.2. The number of alkyl halides is 3. The third kappa shape index (κ3) is 7.01. The van der Waals surface area contributed by atoms with E-state index in [-0.39, 0.29) is 17.3 Å². The van der Waals surface area contributed by atoms with Gasteiger partial charge in [-0.25, -0.2) is 4.98 Å². The number of halogens is 3. The van der Waals surface area contributed by atoms with Crippen molar-refractivity contribution in [1.82, 2.24) is 19.7 Å². The number of aromatic nitrogens is 4. The molecule has 0 spiro atoms. The van der Waals surface area contributed by atoms with Crippen LogP contribution in [-0.4, -0.2) is 52.7 Å². The molecule has 0 unspecified atom stereocenters. The van der Waals surface area contributed by atoms with Gasteiger partial charge >= 0.3 is 6.18 Å². The second-order valence-corrected chi connectivity index (χ2v) is 9.94. The third-order valence-electron chi connectivity index (χ3n) is 6.92. The molecule has 13 heteroatoms. The van der Waals surface area contributed by atoms with E-state index in [9.17, 15) is 18.0 Å². The van der Waals surface area contributed by atoms with E-state index in [1.54, 1.807) is 30.5 Å². The van der Waals surface area contributed by atoms with Crippen LogP contribution in [0.2, 0.25) is 0 Å². The highest BCUT2D eigenvalue weighted by molar-refractivity contribution is 6.04. The van der Waals surface area contributed by atoms with Crippen molar-refractivity contribution in [2.75, 3.05) is 26.1 Å². The van der Waals surface area contributed by atoms with Crippen LogP contribution in [0.15, 0.2) is 48.9 Å². The van der Waals surface area contributed by atoms with Crippen molar-refractivity contribution in [2.45, 2.75) is 44.8 Å². The van der Waals surface area contributed by atoms with E-state index >= 15 is 0 Å². The molecule has 0 bridgehead atoms. The van der Waals surface area contributed by atoms with Crippen LogP contribution in [0, 0.1) is 5.92 Å². The molecule has 1 aliphatic carbocycles. The summed E-state index contributed by atoms with van der Waals surface area (Å²) in [5, 5.41) is 7.53. The number of pyridine rings is 2. The Labute approximate surface area is 239 Å². The van der Waals surface area contributed by atoms with Crippen molar-refractivity contribution in [3.05, 3.63) is 54.6 Å². The predicted octanol–water partition coefficient (Wildman–Crippen LogP) is 6.41. The Morgan fingerprint density at radius 1 is 1.00 bits per heavy atom. The van der Waals surface area contributed by atoms with Gasteiger partial charge in [0.15, 0.2) is 29.5 Å². The summed E-state index contributed by atoms with van der Waals surface area (Å²) in [7, 11) is 3.07. The van der Waals surface area contributed by atoms with Crippen molar-refractivity contribution in [1.29, 1.82) is 0 Å². The maximum absolute atomic E-state index is 13.1. The smallest absolute Gasteiger partial charge is 0.422 e. The average Bonchev–Trinajstić information content (AvgIpc) is 3.39.